The summed E-state index contributed by atoms with van der Waals surface area (Å²) in [5.74, 6) is 0. The van der Waals surface area contributed by atoms with Crippen molar-refractivity contribution in [3.05, 3.63) is 65.2 Å². The summed E-state index contributed by atoms with van der Waals surface area (Å²) in [5, 5.41) is 0. The summed E-state index contributed by atoms with van der Waals surface area (Å²) < 4.78 is 33.6. The van der Waals surface area contributed by atoms with E-state index in [-0.39, 0.29) is 4.90 Å². The molecule has 0 spiro atoms. The minimum Gasteiger partial charge on any atom is -0.744 e. The molecular formula is C14H13O3S-. The zero-order valence-corrected chi connectivity index (χ0v) is 10.8. The Bertz CT molecular complexity index is 646. The van der Waals surface area contributed by atoms with Crippen molar-refractivity contribution in [3.63, 3.8) is 0 Å². The fraction of sp³-hybridized carbons (Fsp3) is 0.143. The first-order valence-electron chi connectivity index (χ1n) is 5.56. The molecule has 0 aliphatic heterocycles. The van der Waals surface area contributed by atoms with Gasteiger partial charge in [-0.2, -0.15) is 0 Å². The third-order valence-corrected chi connectivity index (χ3v) is 3.66. The van der Waals surface area contributed by atoms with Gasteiger partial charge in [0.25, 0.3) is 0 Å². The third kappa shape index (κ3) is 2.97. The molecule has 18 heavy (non-hydrogen) atoms. The van der Waals surface area contributed by atoms with E-state index in [2.05, 4.69) is 0 Å². The Hall–Kier alpha value is -1.65. The highest BCUT2D eigenvalue weighted by Gasteiger charge is 2.09. The van der Waals surface area contributed by atoms with Crippen LogP contribution in [0.25, 0.3) is 0 Å². The van der Waals surface area contributed by atoms with Crippen LogP contribution in [0.15, 0.2) is 53.4 Å². The highest BCUT2D eigenvalue weighted by Crippen LogP contribution is 2.20. The second-order valence-electron chi connectivity index (χ2n) is 4.23. The molecule has 0 heterocycles. The molecule has 94 valence electrons. The minimum atomic E-state index is -4.42. The van der Waals surface area contributed by atoms with Crippen LogP contribution in [-0.2, 0) is 16.5 Å². The SMILES string of the molecule is Cc1ccc(S(=O)(=O)[O-])c(Cc2ccccc2)c1. The van der Waals surface area contributed by atoms with Gasteiger partial charge in [-0.15, -0.1) is 0 Å². The molecule has 2 aromatic rings. The molecule has 2 rings (SSSR count). The predicted molar refractivity (Wildman–Crippen MR) is 68.4 cm³/mol. The van der Waals surface area contributed by atoms with Crippen LogP contribution in [0.3, 0.4) is 0 Å². The molecule has 0 atom stereocenters. The van der Waals surface area contributed by atoms with E-state index in [1.807, 2.05) is 37.3 Å². The molecule has 0 N–H and O–H groups in total. The third-order valence-electron chi connectivity index (χ3n) is 2.72. The Labute approximate surface area is 107 Å². The van der Waals surface area contributed by atoms with Crippen molar-refractivity contribution in [2.45, 2.75) is 18.2 Å². The van der Waals surface area contributed by atoms with E-state index in [1.54, 1.807) is 12.1 Å². The molecule has 0 saturated heterocycles. The molecule has 0 bridgehead atoms. The van der Waals surface area contributed by atoms with Gasteiger partial charge in [-0.25, -0.2) is 8.42 Å². The summed E-state index contributed by atoms with van der Waals surface area (Å²) >= 11 is 0. The smallest absolute Gasteiger partial charge is 0.124 e. The second kappa shape index (κ2) is 4.92. The lowest BCUT2D eigenvalue weighted by atomic mass is 10.0. The molecular weight excluding hydrogens is 248 g/mol. The molecule has 0 aromatic heterocycles. The van der Waals surface area contributed by atoms with Crippen LogP contribution >= 0.6 is 0 Å². The average molecular weight is 261 g/mol. The molecule has 0 fully saturated rings. The molecule has 0 unspecified atom stereocenters. The topological polar surface area (TPSA) is 57.2 Å². The summed E-state index contributed by atoms with van der Waals surface area (Å²) in [6, 6.07) is 14.2. The Morgan fingerprint density at radius 3 is 2.33 bits per heavy atom. The first-order valence-corrected chi connectivity index (χ1v) is 6.97. The zero-order chi connectivity index (χ0) is 13.2. The molecule has 0 radical (unpaired) electrons. The van der Waals surface area contributed by atoms with Crippen molar-refractivity contribution in [1.29, 1.82) is 0 Å². The molecule has 4 heteroatoms. The first kappa shape index (κ1) is 12.8. The monoisotopic (exact) mass is 261 g/mol. The van der Waals surface area contributed by atoms with Gasteiger partial charge in [0.2, 0.25) is 0 Å². The van der Waals surface area contributed by atoms with Crippen LogP contribution in [0.5, 0.6) is 0 Å². The molecule has 2 aromatic carbocycles. The van der Waals surface area contributed by atoms with Gasteiger partial charge in [-0.3, -0.25) is 0 Å². The average Bonchev–Trinajstić information content (AvgIpc) is 2.28. The summed E-state index contributed by atoms with van der Waals surface area (Å²) in [5.41, 5.74) is 2.47. The molecule has 3 nitrogen and oxygen atoms in total. The van der Waals surface area contributed by atoms with Crippen molar-refractivity contribution < 1.29 is 13.0 Å². The summed E-state index contributed by atoms with van der Waals surface area (Å²) in [6.45, 7) is 1.87. The Morgan fingerprint density at radius 2 is 1.72 bits per heavy atom. The van der Waals surface area contributed by atoms with Gasteiger partial charge in [0, 0.05) is 0 Å². The van der Waals surface area contributed by atoms with Gasteiger partial charge in [0.15, 0.2) is 0 Å². The Morgan fingerprint density at radius 1 is 1.06 bits per heavy atom. The van der Waals surface area contributed by atoms with E-state index < -0.39 is 10.1 Å². The van der Waals surface area contributed by atoms with E-state index in [9.17, 15) is 13.0 Å². The maximum Gasteiger partial charge on any atom is 0.124 e. The van der Waals surface area contributed by atoms with Crippen LogP contribution in [-0.4, -0.2) is 13.0 Å². The van der Waals surface area contributed by atoms with E-state index in [4.69, 9.17) is 0 Å². The predicted octanol–water partition coefficient (Wildman–Crippen LogP) is 2.49. The van der Waals surface area contributed by atoms with E-state index in [0.717, 1.165) is 11.1 Å². The van der Waals surface area contributed by atoms with Crippen molar-refractivity contribution in [3.8, 4) is 0 Å². The summed E-state index contributed by atoms with van der Waals surface area (Å²) in [4.78, 5) is -0.128. The number of benzene rings is 2. The molecule has 0 aliphatic rings. The molecule has 0 aliphatic carbocycles. The normalized spacial score (nSPS) is 11.4. The second-order valence-corrected chi connectivity index (χ2v) is 5.58. The van der Waals surface area contributed by atoms with Crippen molar-refractivity contribution in [2.75, 3.05) is 0 Å². The highest BCUT2D eigenvalue weighted by molar-refractivity contribution is 7.85. The fourth-order valence-electron chi connectivity index (χ4n) is 1.91. The highest BCUT2D eigenvalue weighted by atomic mass is 32.2. The number of aryl methyl sites for hydroxylation is 1. The standard InChI is InChI=1S/C14H14O3S/c1-11-7-8-14(18(15,16)17)13(9-11)10-12-5-3-2-4-6-12/h2-9H,10H2,1H3,(H,15,16,17)/p-1. The molecule has 0 saturated carbocycles. The zero-order valence-electron chi connectivity index (χ0n) is 9.96. The summed E-state index contributed by atoms with van der Waals surface area (Å²) in [7, 11) is -4.42. The van der Waals surface area contributed by atoms with Crippen molar-refractivity contribution in [1.82, 2.24) is 0 Å². The maximum atomic E-state index is 11.2. The largest absolute Gasteiger partial charge is 0.744 e. The van der Waals surface area contributed by atoms with Crippen molar-refractivity contribution in [2.24, 2.45) is 0 Å². The first-order chi connectivity index (χ1) is 8.47. The van der Waals surface area contributed by atoms with E-state index >= 15 is 0 Å². The summed E-state index contributed by atoms with van der Waals surface area (Å²) in [6.07, 6.45) is 0.444. The van der Waals surface area contributed by atoms with Gasteiger partial charge in [-0.1, -0.05) is 48.0 Å². The minimum absolute atomic E-state index is 0.128. The lowest BCUT2D eigenvalue weighted by molar-refractivity contribution is 0.462. The van der Waals surface area contributed by atoms with E-state index in [1.165, 1.54) is 6.07 Å². The van der Waals surface area contributed by atoms with Gasteiger partial charge in [0.1, 0.15) is 10.1 Å². The van der Waals surface area contributed by atoms with Gasteiger partial charge >= 0.3 is 0 Å². The van der Waals surface area contributed by atoms with Gasteiger partial charge in [-0.05, 0) is 30.5 Å². The number of hydrogen-bond donors (Lipinski definition) is 0. The lowest BCUT2D eigenvalue weighted by Crippen LogP contribution is -2.04. The molecule has 0 amide bonds. The van der Waals surface area contributed by atoms with Gasteiger partial charge in [0.05, 0.1) is 4.90 Å². The van der Waals surface area contributed by atoms with Crippen LogP contribution in [0.1, 0.15) is 16.7 Å². The van der Waals surface area contributed by atoms with E-state index in [0.29, 0.717) is 12.0 Å². The number of rotatable bonds is 3. The Kier molecular flexibility index (Phi) is 3.50. The maximum absolute atomic E-state index is 11.2. The fourth-order valence-corrected chi connectivity index (χ4v) is 2.59. The van der Waals surface area contributed by atoms with Crippen LogP contribution in [0.4, 0.5) is 0 Å². The van der Waals surface area contributed by atoms with Gasteiger partial charge < -0.3 is 4.55 Å². The quantitative estimate of drug-likeness (QED) is 0.798. The van der Waals surface area contributed by atoms with Crippen LogP contribution in [0, 0.1) is 6.92 Å². The van der Waals surface area contributed by atoms with Crippen LogP contribution in [0.2, 0.25) is 0 Å². The van der Waals surface area contributed by atoms with Crippen LogP contribution < -0.4 is 0 Å². The lowest BCUT2D eigenvalue weighted by Gasteiger charge is -2.13. The number of hydrogen-bond acceptors (Lipinski definition) is 3. The Balaban J connectivity index is 2.47. The van der Waals surface area contributed by atoms with Crippen molar-refractivity contribution >= 4 is 10.1 Å².